The molecule has 1 aliphatic carbocycles. The Morgan fingerprint density at radius 1 is 0.966 bits per heavy atom. The zero-order chi connectivity index (χ0) is 20.9. The molecule has 1 saturated carbocycles. The van der Waals surface area contributed by atoms with Gasteiger partial charge in [0.05, 0.1) is 0 Å². The summed E-state index contributed by atoms with van der Waals surface area (Å²) in [5, 5.41) is 6.13. The van der Waals surface area contributed by atoms with Crippen LogP contribution in [0.5, 0.6) is 0 Å². The van der Waals surface area contributed by atoms with E-state index in [4.69, 9.17) is 0 Å². The number of aromatic nitrogens is 1. The van der Waals surface area contributed by atoms with E-state index in [-0.39, 0.29) is 29.1 Å². The molecule has 1 heterocycles. The minimum atomic E-state index is -0.0367. The van der Waals surface area contributed by atoms with Crippen molar-refractivity contribution in [3.05, 3.63) is 59.9 Å². The van der Waals surface area contributed by atoms with E-state index in [1.165, 1.54) is 0 Å². The second-order valence-electron chi connectivity index (χ2n) is 8.91. The van der Waals surface area contributed by atoms with Crippen LogP contribution in [0.4, 0.5) is 5.69 Å². The SMILES string of the molecule is CC(C)(C)c1ccccc1NC(=O)C1CCC(C(=O)NCc2cccnc2)CC1. The molecule has 3 rings (SSSR count). The largest absolute Gasteiger partial charge is 0.352 e. The fraction of sp³-hybridized carbons (Fsp3) is 0.458. The third-order valence-electron chi connectivity index (χ3n) is 5.65. The van der Waals surface area contributed by atoms with Gasteiger partial charge in [0, 0.05) is 36.5 Å². The highest BCUT2D eigenvalue weighted by atomic mass is 16.2. The van der Waals surface area contributed by atoms with Gasteiger partial charge in [-0.05, 0) is 54.4 Å². The number of nitrogens with zero attached hydrogens (tertiary/aromatic N) is 1. The molecule has 1 aromatic heterocycles. The highest BCUT2D eigenvalue weighted by Gasteiger charge is 2.30. The van der Waals surface area contributed by atoms with Crippen molar-refractivity contribution in [2.45, 2.75) is 58.4 Å². The third kappa shape index (κ3) is 5.66. The van der Waals surface area contributed by atoms with E-state index < -0.39 is 0 Å². The smallest absolute Gasteiger partial charge is 0.227 e. The number of carbonyl (C=O) groups is 2. The number of nitrogens with one attached hydrogen (secondary N) is 2. The van der Waals surface area contributed by atoms with Crippen molar-refractivity contribution >= 4 is 17.5 Å². The zero-order valence-electron chi connectivity index (χ0n) is 17.6. The molecule has 154 valence electrons. The monoisotopic (exact) mass is 393 g/mol. The van der Waals surface area contributed by atoms with Crippen LogP contribution >= 0.6 is 0 Å². The quantitative estimate of drug-likeness (QED) is 0.789. The second kappa shape index (κ2) is 9.21. The van der Waals surface area contributed by atoms with Gasteiger partial charge in [0.25, 0.3) is 0 Å². The number of rotatable bonds is 5. The highest BCUT2D eigenvalue weighted by molar-refractivity contribution is 5.93. The Hall–Kier alpha value is -2.69. The number of benzene rings is 1. The van der Waals surface area contributed by atoms with E-state index in [0.717, 1.165) is 42.5 Å². The van der Waals surface area contributed by atoms with Gasteiger partial charge in [-0.2, -0.15) is 0 Å². The summed E-state index contributed by atoms with van der Waals surface area (Å²) in [5.41, 5.74) is 2.98. The molecule has 1 fully saturated rings. The first kappa shape index (κ1) is 21.0. The second-order valence-corrected chi connectivity index (χ2v) is 8.91. The number of para-hydroxylation sites is 1. The maximum absolute atomic E-state index is 12.8. The Morgan fingerprint density at radius 3 is 2.24 bits per heavy atom. The minimum absolute atomic E-state index is 0.0161. The molecular weight excluding hydrogens is 362 g/mol. The lowest BCUT2D eigenvalue weighted by atomic mass is 9.80. The molecule has 0 aliphatic heterocycles. The molecule has 5 heteroatoms. The van der Waals surface area contributed by atoms with Crippen molar-refractivity contribution < 1.29 is 9.59 Å². The van der Waals surface area contributed by atoms with E-state index in [0.29, 0.717) is 6.54 Å². The summed E-state index contributed by atoms with van der Waals surface area (Å²) < 4.78 is 0. The summed E-state index contributed by atoms with van der Waals surface area (Å²) in [4.78, 5) is 29.3. The average molecular weight is 394 g/mol. The van der Waals surface area contributed by atoms with E-state index in [2.05, 4.69) is 42.5 Å². The molecule has 0 saturated heterocycles. The number of amides is 2. The van der Waals surface area contributed by atoms with Gasteiger partial charge in [-0.1, -0.05) is 45.0 Å². The average Bonchev–Trinajstić information content (AvgIpc) is 2.72. The summed E-state index contributed by atoms with van der Waals surface area (Å²) in [6.07, 6.45) is 6.47. The van der Waals surface area contributed by atoms with Crippen molar-refractivity contribution in [2.75, 3.05) is 5.32 Å². The first-order chi connectivity index (χ1) is 13.8. The maximum Gasteiger partial charge on any atom is 0.227 e. The van der Waals surface area contributed by atoms with Crippen LogP contribution in [0.15, 0.2) is 48.8 Å². The van der Waals surface area contributed by atoms with Crippen LogP contribution in [0.1, 0.15) is 57.6 Å². The molecule has 0 radical (unpaired) electrons. The van der Waals surface area contributed by atoms with Gasteiger partial charge >= 0.3 is 0 Å². The fourth-order valence-corrected chi connectivity index (χ4v) is 3.93. The molecule has 5 nitrogen and oxygen atoms in total. The molecule has 2 N–H and O–H groups in total. The first-order valence-electron chi connectivity index (χ1n) is 10.4. The summed E-state index contributed by atoms with van der Waals surface area (Å²) in [6.45, 7) is 6.94. The Balaban J connectivity index is 1.50. The van der Waals surface area contributed by atoms with Crippen molar-refractivity contribution in [3.63, 3.8) is 0 Å². The van der Waals surface area contributed by atoms with Crippen molar-refractivity contribution in [3.8, 4) is 0 Å². The van der Waals surface area contributed by atoms with Crippen LogP contribution in [0.3, 0.4) is 0 Å². The van der Waals surface area contributed by atoms with Gasteiger partial charge in [0.15, 0.2) is 0 Å². The highest BCUT2D eigenvalue weighted by Crippen LogP contribution is 2.32. The van der Waals surface area contributed by atoms with Crippen LogP contribution in [0.25, 0.3) is 0 Å². The predicted octanol–water partition coefficient (Wildman–Crippen LogP) is 4.44. The van der Waals surface area contributed by atoms with E-state index >= 15 is 0 Å². The molecule has 1 aromatic carbocycles. The van der Waals surface area contributed by atoms with Gasteiger partial charge in [-0.25, -0.2) is 0 Å². The number of pyridine rings is 1. The Bertz CT molecular complexity index is 835. The molecular formula is C24H31N3O2. The van der Waals surface area contributed by atoms with Gasteiger partial charge in [-0.3, -0.25) is 14.6 Å². The topological polar surface area (TPSA) is 71.1 Å². The van der Waals surface area contributed by atoms with Gasteiger partial charge in [0.2, 0.25) is 11.8 Å². The van der Waals surface area contributed by atoms with Gasteiger partial charge in [0.1, 0.15) is 0 Å². The Morgan fingerprint density at radius 2 is 1.62 bits per heavy atom. The number of hydrogen-bond acceptors (Lipinski definition) is 3. The molecule has 0 unspecified atom stereocenters. The van der Waals surface area contributed by atoms with Gasteiger partial charge < -0.3 is 10.6 Å². The number of carbonyl (C=O) groups excluding carboxylic acids is 2. The van der Waals surface area contributed by atoms with Crippen molar-refractivity contribution in [2.24, 2.45) is 11.8 Å². The van der Waals surface area contributed by atoms with Gasteiger partial charge in [-0.15, -0.1) is 0 Å². The van der Waals surface area contributed by atoms with Crippen LogP contribution < -0.4 is 10.6 Å². The van der Waals surface area contributed by atoms with E-state index in [1.807, 2.05) is 30.3 Å². The molecule has 0 bridgehead atoms. The predicted molar refractivity (Wildman–Crippen MR) is 115 cm³/mol. The van der Waals surface area contributed by atoms with Crippen LogP contribution in [0.2, 0.25) is 0 Å². The first-order valence-corrected chi connectivity index (χ1v) is 10.4. The Kier molecular flexibility index (Phi) is 6.68. The van der Waals surface area contributed by atoms with Crippen molar-refractivity contribution in [1.29, 1.82) is 0 Å². The van der Waals surface area contributed by atoms with Crippen molar-refractivity contribution in [1.82, 2.24) is 10.3 Å². The third-order valence-corrected chi connectivity index (χ3v) is 5.65. The van der Waals surface area contributed by atoms with Crippen LogP contribution in [0, 0.1) is 11.8 Å². The minimum Gasteiger partial charge on any atom is -0.352 e. The summed E-state index contributed by atoms with van der Waals surface area (Å²) in [7, 11) is 0. The standard InChI is InChI=1S/C24H31N3O2/c1-24(2,3)20-8-4-5-9-21(20)27-23(29)19-12-10-18(11-13-19)22(28)26-16-17-7-6-14-25-15-17/h4-9,14-15,18-19H,10-13,16H2,1-3H3,(H,26,28)(H,27,29). The number of anilines is 1. The zero-order valence-corrected chi connectivity index (χ0v) is 17.6. The van der Waals surface area contributed by atoms with Crippen LogP contribution in [-0.2, 0) is 21.5 Å². The molecule has 0 atom stereocenters. The molecule has 2 aromatic rings. The van der Waals surface area contributed by atoms with E-state index in [1.54, 1.807) is 12.4 Å². The molecule has 29 heavy (non-hydrogen) atoms. The fourth-order valence-electron chi connectivity index (χ4n) is 3.93. The summed E-state index contributed by atoms with van der Waals surface area (Å²) in [6, 6.07) is 11.8. The van der Waals surface area contributed by atoms with Crippen LogP contribution in [-0.4, -0.2) is 16.8 Å². The Labute approximate surface area is 173 Å². The maximum atomic E-state index is 12.8. The van der Waals surface area contributed by atoms with E-state index in [9.17, 15) is 9.59 Å². The molecule has 0 spiro atoms. The normalized spacial score (nSPS) is 19.4. The lowest BCUT2D eigenvalue weighted by molar-refractivity contribution is -0.128. The lowest BCUT2D eigenvalue weighted by Crippen LogP contribution is -2.35. The summed E-state index contributed by atoms with van der Waals surface area (Å²) in [5.74, 6) is 0.0877. The molecule has 1 aliphatic rings. The molecule has 2 amide bonds. The lowest BCUT2D eigenvalue weighted by Gasteiger charge is -2.28. The number of hydrogen-bond donors (Lipinski definition) is 2. The summed E-state index contributed by atoms with van der Waals surface area (Å²) >= 11 is 0.